The quantitative estimate of drug-likeness (QED) is 0.849. The number of nitrogens with zero attached hydrogens (tertiary/aromatic N) is 1. The molecule has 0 saturated heterocycles. The molecule has 2 nitrogen and oxygen atoms in total. The molecule has 4 heteroatoms. The standard InChI is InChI=1S/C12H15F2NO/c13-11-2-3-12(14)10-8-15(5-1-7-16)6-4-9(10)11/h2-3,16H,1,4-8H2. The van der Waals surface area contributed by atoms with E-state index in [1.807, 2.05) is 4.90 Å². The van der Waals surface area contributed by atoms with Gasteiger partial charge in [0.15, 0.2) is 0 Å². The largest absolute Gasteiger partial charge is 0.396 e. The SMILES string of the molecule is OCCCN1CCc2c(F)ccc(F)c2C1. The first kappa shape index (κ1) is 11.5. The van der Waals surface area contributed by atoms with Crippen molar-refractivity contribution in [1.82, 2.24) is 4.90 Å². The van der Waals surface area contributed by atoms with Crippen LogP contribution in [0, 0.1) is 11.6 Å². The summed E-state index contributed by atoms with van der Waals surface area (Å²) in [5, 5.41) is 8.73. The number of halogens is 2. The Morgan fingerprint density at radius 1 is 1.19 bits per heavy atom. The first-order chi connectivity index (χ1) is 7.72. The molecule has 1 aromatic rings. The lowest BCUT2D eigenvalue weighted by atomic mass is 9.98. The van der Waals surface area contributed by atoms with Gasteiger partial charge >= 0.3 is 0 Å². The van der Waals surface area contributed by atoms with Gasteiger partial charge in [0.1, 0.15) is 11.6 Å². The smallest absolute Gasteiger partial charge is 0.128 e. The molecule has 0 aliphatic carbocycles. The molecule has 1 aromatic carbocycles. The third-order valence-corrected chi connectivity index (χ3v) is 3.01. The molecule has 0 bridgehead atoms. The predicted molar refractivity (Wildman–Crippen MR) is 57.0 cm³/mol. The molecule has 1 N–H and O–H groups in total. The van der Waals surface area contributed by atoms with E-state index >= 15 is 0 Å². The average Bonchev–Trinajstić information content (AvgIpc) is 2.31. The zero-order chi connectivity index (χ0) is 11.5. The fourth-order valence-corrected chi connectivity index (χ4v) is 2.13. The zero-order valence-electron chi connectivity index (χ0n) is 9.05. The molecule has 1 heterocycles. The zero-order valence-corrected chi connectivity index (χ0v) is 9.05. The van der Waals surface area contributed by atoms with Gasteiger partial charge in [-0.15, -0.1) is 0 Å². The predicted octanol–water partition coefficient (Wildman–Crippen LogP) is 1.71. The minimum atomic E-state index is -0.329. The summed E-state index contributed by atoms with van der Waals surface area (Å²) in [5.41, 5.74) is 0.990. The van der Waals surface area contributed by atoms with E-state index in [4.69, 9.17) is 5.11 Å². The molecule has 0 spiro atoms. The summed E-state index contributed by atoms with van der Waals surface area (Å²) in [5.74, 6) is -0.636. The van der Waals surface area contributed by atoms with E-state index in [1.165, 1.54) is 12.1 Å². The van der Waals surface area contributed by atoms with E-state index in [2.05, 4.69) is 0 Å². The number of fused-ring (bicyclic) bond motifs is 1. The van der Waals surface area contributed by atoms with Gasteiger partial charge in [-0.05, 0) is 30.5 Å². The maximum atomic E-state index is 13.5. The summed E-state index contributed by atoms with van der Waals surface area (Å²) >= 11 is 0. The fraction of sp³-hybridized carbons (Fsp3) is 0.500. The van der Waals surface area contributed by atoms with Crippen molar-refractivity contribution in [3.63, 3.8) is 0 Å². The van der Waals surface area contributed by atoms with Gasteiger partial charge in [-0.3, -0.25) is 4.90 Å². The number of hydrogen-bond acceptors (Lipinski definition) is 2. The molecule has 0 unspecified atom stereocenters. The minimum absolute atomic E-state index is 0.134. The molecule has 0 aromatic heterocycles. The summed E-state index contributed by atoms with van der Waals surface area (Å²) in [7, 11) is 0. The maximum Gasteiger partial charge on any atom is 0.128 e. The van der Waals surface area contributed by atoms with Crippen LogP contribution in [0.15, 0.2) is 12.1 Å². The lowest BCUT2D eigenvalue weighted by Gasteiger charge is -2.28. The summed E-state index contributed by atoms with van der Waals surface area (Å²) in [6, 6.07) is 2.38. The van der Waals surface area contributed by atoms with Crippen LogP contribution in [0.3, 0.4) is 0 Å². The third kappa shape index (κ3) is 2.23. The maximum absolute atomic E-state index is 13.5. The number of aliphatic hydroxyl groups is 1. The lowest BCUT2D eigenvalue weighted by Crippen LogP contribution is -2.33. The normalized spacial score (nSPS) is 16.2. The highest BCUT2D eigenvalue weighted by molar-refractivity contribution is 5.32. The Morgan fingerprint density at radius 3 is 2.56 bits per heavy atom. The monoisotopic (exact) mass is 227 g/mol. The molecule has 1 aliphatic heterocycles. The van der Waals surface area contributed by atoms with E-state index in [9.17, 15) is 8.78 Å². The minimum Gasteiger partial charge on any atom is -0.396 e. The van der Waals surface area contributed by atoms with Gasteiger partial charge in [0, 0.05) is 31.8 Å². The lowest BCUT2D eigenvalue weighted by molar-refractivity contribution is 0.208. The van der Waals surface area contributed by atoms with Crippen molar-refractivity contribution in [3.8, 4) is 0 Å². The van der Waals surface area contributed by atoms with Crippen LogP contribution < -0.4 is 0 Å². The van der Waals surface area contributed by atoms with Crippen molar-refractivity contribution in [3.05, 3.63) is 34.9 Å². The highest BCUT2D eigenvalue weighted by atomic mass is 19.1. The average molecular weight is 227 g/mol. The van der Waals surface area contributed by atoms with Gasteiger partial charge in [-0.2, -0.15) is 0 Å². The molecule has 0 fully saturated rings. The molecular weight excluding hydrogens is 212 g/mol. The fourth-order valence-electron chi connectivity index (χ4n) is 2.13. The Morgan fingerprint density at radius 2 is 1.88 bits per heavy atom. The Kier molecular flexibility index (Phi) is 3.51. The van der Waals surface area contributed by atoms with Crippen LogP contribution in [0.5, 0.6) is 0 Å². The second kappa shape index (κ2) is 4.89. The molecule has 0 radical (unpaired) electrons. The van der Waals surface area contributed by atoms with Gasteiger partial charge in [-0.1, -0.05) is 0 Å². The van der Waals surface area contributed by atoms with Crippen LogP contribution >= 0.6 is 0 Å². The van der Waals surface area contributed by atoms with E-state index in [0.717, 1.165) is 13.1 Å². The molecule has 2 rings (SSSR count). The van der Waals surface area contributed by atoms with E-state index in [-0.39, 0.29) is 18.2 Å². The van der Waals surface area contributed by atoms with Crippen LogP contribution in [0.25, 0.3) is 0 Å². The van der Waals surface area contributed by atoms with Crippen molar-refractivity contribution in [2.45, 2.75) is 19.4 Å². The number of benzene rings is 1. The Hall–Kier alpha value is -1.00. The summed E-state index contributed by atoms with van der Waals surface area (Å²) in [6.07, 6.45) is 1.22. The van der Waals surface area contributed by atoms with Crippen LogP contribution in [-0.2, 0) is 13.0 Å². The first-order valence-electron chi connectivity index (χ1n) is 5.51. The molecule has 1 aliphatic rings. The Balaban J connectivity index is 2.16. The van der Waals surface area contributed by atoms with Gasteiger partial charge in [0.25, 0.3) is 0 Å². The molecule has 0 atom stereocenters. The topological polar surface area (TPSA) is 23.5 Å². The number of rotatable bonds is 3. The van der Waals surface area contributed by atoms with Crippen LogP contribution in [0.4, 0.5) is 8.78 Å². The molecule has 16 heavy (non-hydrogen) atoms. The van der Waals surface area contributed by atoms with Crippen molar-refractivity contribution >= 4 is 0 Å². The van der Waals surface area contributed by atoms with Crippen molar-refractivity contribution in [2.75, 3.05) is 19.7 Å². The van der Waals surface area contributed by atoms with Crippen LogP contribution in [-0.4, -0.2) is 29.7 Å². The molecule has 0 amide bonds. The second-order valence-electron chi connectivity index (χ2n) is 4.09. The van der Waals surface area contributed by atoms with Crippen molar-refractivity contribution in [1.29, 1.82) is 0 Å². The summed E-state index contributed by atoms with van der Waals surface area (Å²) < 4.78 is 26.9. The van der Waals surface area contributed by atoms with Gasteiger partial charge in [-0.25, -0.2) is 8.78 Å². The Labute approximate surface area is 93.5 Å². The number of aliphatic hydroxyl groups excluding tert-OH is 1. The van der Waals surface area contributed by atoms with Crippen LogP contribution in [0.2, 0.25) is 0 Å². The molecule has 0 saturated carbocycles. The highest BCUT2D eigenvalue weighted by Crippen LogP contribution is 2.24. The molecular formula is C12H15F2NO. The summed E-state index contributed by atoms with van der Waals surface area (Å²) in [6.45, 7) is 2.03. The van der Waals surface area contributed by atoms with E-state index in [1.54, 1.807) is 0 Å². The van der Waals surface area contributed by atoms with Gasteiger partial charge in [0.05, 0.1) is 0 Å². The Bertz CT molecular complexity index is 382. The van der Waals surface area contributed by atoms with Crippen LogP contribution in [0.1, 0.15) is 17.5 Å². The van der Waals surface area contributed by atoms with Gasteiger partial charge in [0.2, 0.25) is 0 Å². The van der Waals surface area contributed by atoms with Crippen molar-refractivity contribution < 1.29 is 13.9 Å². The third-order valence-electron chi connectivity index (χ3n) is 3.01. The highest BCUT2D eigenvalue weighted by Gasteiger charge is 2.21. The van der Waals surface area contributed by atoms with Crippen molar-refractivity contribution in [2.24, 2.45) is 0 Å². The first-order valence-corrected chi connectivity index (χ1v) is 5.51. The van der Waals surface area contributed by atoms with Gasteiger partial charge < -0.3 is 5.11 Å². The van der Waals surface area contributed by atoms with E-state index in [0.29, 0.717) is 30.5 Å². The molecule has 88 valence electrons. The van der Waals surface area contributed by atoms with E-state index < -0.39 is 0 Å². The second-order valence-corrected chi connectivity index (χ2v) is 4.09. The number of hydrogen-bond donors (Lipinski definition) is 1. The summed E-state index contributed by atoms with van der Waals surface area (Å²) in [4.78, 5) is 2.04.